The van der Waals surface area contributed by atoms with Gasteiger partial charge >= 0.3 is 0 Å². The standard InChI is InChI=1S/C4H11NO/c1-4(2,5)3-6/h6H,3,5H2,1-2H3/p+1. The third-order valence-electron chi connectivity index (χ3n) is 0.428. The molecule has 2 nitrogen and oxygen atoms in total. The van der Waals surface area contributed by atoms with E-state index in [0.29, 0.717) is 0 Å². The van der Waals surface area contributed by atoms with Crippen LogP contribution in [0.4, 0.5) is 0 Å². The lowest BCUT2D eigenvalue weighted by Gasteiger charge is -2.07. The number of aliphatic hydroxyl groups excluding tert-OH is 1. The van der Waals surface area contributed by atoms with E-state index in [9.17, 15) is 0 Å². The second kappa shape index (κ2) is 1.58. The SMILES string of the molecule is CC(C)([NH3+])CO. The van der Waals surface area contributed by atoms with Gasteiger partial charge in [0, 0.05) is 0 Å². The first kappa shape index (κ1) is 5.92. The molecule has 0 aliphatic carbocycles. The summed E-state index contributed by atoms with van der Waals surface area (Å²) in [6, 6.07) is 0. The summed E-state index contributed by atoms with van der Waals surface area (Å²) >= 11 is 0. The Labute approximate surface area is 38.0 Å². The van der Waals surface area contributed by atoms with Crippen LogP contribution in [-0.2, 0) is 0 Å². The van der Waals surface area contributed by atoms with E-state index < -0.39 is 0 Å². The molecule has 0 amide bonds. The van der Waals surface area contributed by atoms with Gasteiger partial charge in [0.2, 0.25) is 0 Å². The predicted octanol–water partition coefficient (Wildman–Crippen LogP) is -1.00. The van der Waals surface area contributed by atoms with Crippen LogP contribution in [0.2, 0.25) is 0 Å². The summed E-state index contributed by atoms with van der Waals surface area (Å²) in [4.78, 5) is 0. The molecule has 6 heavy (non-hydrogen) atoms. The third kappa shape index (κ3) is 3.92. The molecule has 0 aliphatic rings. The molecular formula is C4H12NO+. The highest BCUT2D eigenvalue weighted by Gasteiger charge is 2.10. The molecule has 38 valence electrons. The van der Waals surface area contributed by atoms with Crippen LogP contribution in [0.5, 0.6) is 0 Å². The van der Waals surface area contributed by atoms with Gasteiger partial charge in [0.15, 0.2) is 0 Å². The zero-order valence-corrected chi connectivity index (χ0v) is 4.36. The van der Waals surface area contributed by atoms with Crippen LogP contribution in [0, 0.1) is 0 Å². The van der Waals surface area contributed by atoms with Gasteiger partial charge < -0.3 is 10.8 Å². The smallest absolute Gasteiger partial charge is 0.112 e. The van der Waals surface area contributed by atoms with Crippen molar-refractivity contribution in [3.63, 3.8) is 0 Å². The van der Waals surface area contributed by atoms with E-state index in [1.54, 1.807) is 0 Å². The highest BCUT2D eigenvalue weighted by molar-refractivity contribution is 4.57. The molecule has 0 radical (unpaired) electrons. The van der Waals surface area contributed by atoms with Crippen LogP contribution in [0.3, 0.4) is 0 Å². The van der Waals surface area contributed by atoms with Crippen molar-refractivity contribution in [3.8, 4) is 0 Å². The van der Waals surface area contributed by atoms with E-state index in [-0.39, 0.29) is 12.1 Å². The summed E-state index contributed by atoms with van der Waals surface area (Å²) in [7, 11) is 0. The second-order valence-electron chi connectivity index (χ2n) is 2.32. The zero-order chi connectivity index (χ0) is 5.21. The van der Waals surface area contributed by atoms with Crippen molar-refractivity contribution >= 4 is 0 Å². The molecule has 0 bridgehead atoms. The average molecular weight is 90.1 g/mol. The predicted molar refractivity (Wildman–Crippen MR) is 24.1 cm³/mol. The Morgan fingerprint density at radius 1 is 1.67 bits per heavy atom. The number of rotatable bonds is 1. The Morgan fingerprint density at radius 2 is 1.83 bits per heavy atom. The quantitative estimate of drug-likeness (QED) is 0.426. The van der Waals surface area contributed by atoms with Gasteiger partial charge in [-0.25, -0.2) is 0 Å². The van der Waals surface area contributed by atoms with Crippen LogP contribution in [0.15, 0.2) is 0 Å². The Balaban J connectivity index is 3.17. The van der Waals surface area contributed by atoms with Gasteiger partial charge in [-0.05, 0) is 13.8 Å². The minimum Gasteiger partial charge on any atom is -0.390 e. The molecule has 0 aromatic heterocycles. The topological polar surface area (TPSA) is 47.9 Å². The molecule has 0 heterocycles. The first-order chi connectivity index (χ1) is 2.56. The average Bonchev–Trinajstić information content (AvgIpc) is 1.35. The molecule has 0 spiro atoms. The molecule has 0 saturated heterocycles. The molecule has 0 aliphatic heterocycles. The summed E-state index contributed by atoms with van der Waals surface area (Å²) in [5, 5.41) is 8.34. The largest absolute Gasteiger partial charge is 0.390 e. The van der Waals surface area contributed by atoms with E-state index in [1.807, 2.05) is 13.8 Å². The van der Waals surface area contributed by atoms with E-state index in [2.05, 4.69) is 5.73 Å². The Kier molecular flexibility index (Phi) is 1.56. The number of hydrogen-bond acceptors (Lipinski definition) is 1. The molecular weight excluding hydrogens is 78.0 g/mol. The van der Waals surface area contributed by atoms with Crippen molar-refractivity contribution in [1.82, 2.24) is 0 Å². The highest BCUT2D eigenvalue weighted by atomic mass is 16.3. The molecule has 0 rings (SSSR count). The number of aliphatic hydroxyl groups is 1. The zero-order valence-electron chi connectivity index (χ0n) is 4.36. The monoisotopic (exact) mass is 90.1 g/mol. The van der Waals surface area contributed by atoms with Crippen LogP contribution >= 0.6 is 0 Å². The van der Waals surface area contributed by atoms with Crippen molar-refractivity contribution < 1.29 is 10.8 Å². The number of quaternary nitrogens is 1. The lowest BCUT2D eigenvalue weighted by molar-refractivity contribution is -0.471. The number of hydrogen-bond donors (Lipinski definition) is 2. The van der Waals surface area contributed by atoms with E-state index in [4.69, 9.17) is 5.11 Å². The van der Waals surface area contributed by atoms with Crippen LogP contribution < -0.4 is 5.73 Å². The lowest BCUT2D eigenvalue weighted by atomic mass is 10.1. The van der Waals surface area contributed by atoms with Crippen molar-refractivity contribution in [2.75, 3.05) is 6.61 Å². The first-order valence-corrected chi connectivity index (χ1v) is 2.02. The maximum Gasteiger partial charge on any atom is 0.112 e. The van der Waals surface area contributed by atoms with Gasteiger partial charge in [-0.15, -0.1) is 0 Å². The molecule has 0 fully saturated rings. The normalized spacial score (nSPS) is 12.0. The molecule has 2 heteroatoms. The minimum absolute atomic E-state index is 0.153. The van der Waals surface area contributed by atoms with Crippen molar-refractivity contribution in [2.24, 2.45) is 0 Å². The van der Waals surface area contributed by atoms with Crippen LogP contribution in [0.1, 0.15) is 13.8 Å². The van der Waals surface area contributed by atoms with Crippen LogP contribution in [-0.4, -0.2) is 17.3 Å². The van der Waals surface area contributed by atoms with Gasteiger partial charge in [0.25, 0.3) is 0 Å². The van der Waals surface area contributed by atoms with Gasteiger partial charge in [-0.3, -0.25) is 0 Å². The fourth-order valence-electron chi connectivity index (χ4n) is 0. The Morgan fingerprint density at radius 3 is 1.83 bits per heavy atom. The molecule has 0 aromatic rings. The van der Waals surface area contributed by atoms with E-state index in [0.717, 1.165) is 0 Å². The Bertz CT molecular complexity index is 37.3. The summed E-state index contributed by atoms with van der Waals surface area (Å²) in [6.45, 7) is 3.92. The van der Waals surface area contributed by atoms with Gasteiger partial charge in [-0.2, -0.15) is 0 Å². The molecule has 4 N–H and O–H groups in total. The summed E-state index contributed by atoms with van der Waals surface area (Å²) in [5.74, 6) is 0. The van der Waals surface area contributed by atoms with Crippen molar-refractivity contribution in [2.45, 2.75) is 19.4 Å². The maximum absolute atomic E-state index is 8.34. The van der Waals surface area contributed by atoms with Gasteiger partial charge in [0.1, 0.15) is 5.54 Å². The van der Waals surface area contributed by atoms with Crippen molar-refractivity contribution in [1.29, 1.82) is 0 Å². The van der Waals surface area contributed by atoms with Gasteiger partial charge in [0.05, 0.1) is 6.61 Å². The van der Waals surface area contributed by atoms with Gasteiger partial charge in [-0.1, -0.05) is 0 Å². The molecule has 0 atom stereocenters. The maximum atomic E-state index is 8.34. The Hall–Kier alpha value is -0.0800. The fourth-order valence-corrected chi connectivity index (χ4v) is 0. The van der Waals surface area contributed by atoms with Crippen LogP contribution in [0.25, 0.3) is 0 Å². The molecule has 0 unspecified atom stereocenters. The van der Waals surface area contributed by atoms with E-state index in [1.165, 1.54) is 0 Å². The molecule has 0 saturated carbocycles. The van der Waals surface area contributed by atoms with Crippen molar-refractivity contribution in [3.05, 3.63) is 0 Å². The van der Waals surface area contributed by atoms with E-state index >= 15 is 0 Å². The minimum atomic E-state index is -0.153. The lowest BCUT2D eigenvalue weighted by Crippen LogP contribution is -2.71. The highest BCUT2D eigenvalue weighted by Crippen LogP contribution is 1.86. The first-order valence-electron chi connectivity index (χ1n) is 2.02. The second-order valence-corrected chi connectivity index (χ2v) is 2.32. The summed E-state index contributed by atoms with van der Waals surface area (Å²) < 4.78 is 0. The molecule has 0 aromatic carbocycles. The fraction of sp³-hybridized carbons (Fsp3) is 1.00. The third-order valence-corrected chi connectivity index (χ3v) is 0.428. The summed E-state index contributed by atoms with van der Waals surface area (Å²) in [6.07, 6.45) is 0. The summed E-state index contributed by atoms with van der Waals surface area (Å²) in [5.41, 5.74) is 3.49.